The molecule has 3 atom stereocenters. The van der Waals surface area contributed by atoms with Crippen molar-refractivity contribution in [1.82, 2.24) is 9.80 Å². The lowest BCUT2D eigenvalue weighted by Gasteiger charge is -2.34. The Morgan fingerprint density at radius 1 is 1.22 bits per heavy atom. The highest BCUT2D eigenvalue weighted by Crippen LogP contribution is 2.30. The summed E-state index contributed by atoms with van der Waals surface area (Å²) in [7, 11) is -1.83. The fraction of sp³-hybridized carbons (Fsp3) is 0.379. The summed E-state index contributed by atoms with van der Waals surface area (Å²) in [5, 5.41) is 20.7. The molecule has 4 rings (SSSR count). The predicted octanol–water partition coefficient (Wildman–Crippen LogP) is 3.53. The number of thiophene rings is 1. The number of nitrogens with one attached hydrogen (secondary N) is 1. The summed E-state index contributed by atoms with van der Waals surface area (Å²) in [5.74, 6) is -0.774. The van der Waals surface area contributed by atoms with E-state index in [1.54, 1.807) is 65.7 Å². The van der Waals surface area contributed by atoms with Crippen LogP contribution in [0, 0.1) is 5.92 Å². The number of aliphatic hydroxyl groups is 1. The summed E-state index contributed by atoms with van der Waals surface area (Å²) in [6.45, 7) is 5.03. The molecule has 0 radical (unpaired) electrons. The zero-order valence-corrected chi connectivity index (χ0v) is 24.8. The highest BCUT2D eigenvalue weighted by atomic mass is 32.2. The first-order valence-electron chi connectivity index (χ1n) is 13.2. The van der Waals surface area contributed by atoms with E-state index < -0.39 is 22.0 Å². The molecule has 41 heavy (non-hydrogen) atoms. The van der Waals surface area contributed by atoms with Crippen molar-refractivity contribution in [2.24, 2.45) is 5.92 Å². The minimum absolute atomic E-state index is 0.0144. The quantitative estimate of drug-likeness (QED) is 0.321. The molecule has 1 amide bonds. The third-order valence-electron chi connectivity index (χ3n) is 7.07. The number of nitrogens with zero attached hydrogens (tertiary/aromatic N) is 2. The second-order valence-electron chi connectivity index (χ2n) is 10.4. The highest BCUT2D eigenvalue weighted by molar-refractivity contribution is 7.94. The van der Waals surface area contributed by atoms with E-state index in [1.807, 2.05) is 14.0 Å². The fourth-order valence-electron chi connectivity index (χ4n) is 4.77. The van der Waals surface area contributed by atoms with Gasteiger partial charge in [-0.2, -0.15) is 0 Å². The second-order valence-corrected chi connectivity index (χ2v) is 13.3. The van der Waals surface area contributed by atoms with Gasteiger partial charge >= 0.3 is 5.97 Å². The molecule has 0 unspecified atom stereocenters. The topological polar surface area (TPSA) is 136 Å². The molecular weight excluding hydrogens is 566 g/mol. The number of fused-ring (bicyclic) bond motifs is 1. The van der Waals surface area contributed by atoms with E-state index in [2.05, 4.69) is 9.62 Å². The number of sulfonamides is 1. The molecule has 2 heterocycles. The summed E-state index contributed by atoms with van der Waals surface area (Å²) in [6.07, 6.45) is -0.357. The van der Waals surface area contributed by atoms with Crippen LogP contribution in [0.15, 0.2) is 64.2 Å². The van der Waals surface area contributed by atoms with Crippen molar-refractivity contribution < 1.29 is 33.0 Å². The van der Waals surface area contributed by atoms with Crippen molar-refractivity contribution in [3.63, 3.8) is 0 Å². The molecule has 1 aliphatic heterocycles. The van der Waals surface area contributed by atoms with Crippen molar-refractivity contribution in [1.29, 1.82) is 0 Å². The predicted molar refractivity (Wildman–Crippen MR) is 157 cm³/mol. The van der Waals surface area contributed by atoms with Crippen molar-refractivity contribution in [2.75, 3.05) is 31.5 Å². The van der Waals surface area contributed by atoms with Crippen LogP contribution in [0.4, 0.5) is 5.69 Å². The number of rotatable bonds is 10. The number of carboxylic acids is 1. The Balaban J connectivity index is 1.60. The minimum atomic E-state index is -3.77. The molecule has 0 saturated carbocycles. The van der Waals surface area contributed by atoms with Crippen molar-refractivity contribution >= 4 is 38.9 Å². The van der Waals surface area contributed by atoms with Gasteiger partial charge in [0.15, 0.2) is 0 Å². The SMILES string of the molecule is C[C@@H]1CN([C@H](C)CO)C(=O)Cc2cc(NS(=O)(=O)c3cccs3)ccc2O[C@H]1CN(C)Cc1ccc(C(=O)O)cc1. The van der Waals surface area contributed by atoms with Gasteiger partial charge < -0.3 is 19.8 Å². The van der Waals surface area contributed by atoms with Crippen molar-refractivity contribution in [2.45, 2.75) is 43.2 Å². The van der Waals surface area contributed by atoms with Gasteiger partial charge in [0.05, 0.1) is 24.6 Å². The lowest BCUT2D eigenvalue weighted by molar-refractivity contribution is -0.134. The van der Waals surface area contributed by atoms with Gasteiger partial charge in [0.2, 0.25) is 5.91 Å². The van der Waals surface area contributed by atoms with Crippen LogP contribution in [0.2, 0.25) is 0 Å². The van der Waals surface area contributed by atoms with E-state index in [9.17, 15) is 23.1 Å². The van der Waals surface area contributed by atoms with E-state index in [-0.39, 0.29) is 40.7 Å². The number of anilines is 1. The average molecular weight is 602 g/mol. The van der Waals surface area contributed by atoms with Gasteiger partial charge in [0.1, 0.15) is 16.1 Å². The number of likely N-dealkylation sites (N-methyl/N-ethyl adjacent to an activating group) is 1. The summed E-state index contributed by atoms with van der Waals surface area (Å²) < 4.78 is 34.9. The van der Waals surface area contributed by atoms with E-state index in [0.29, 0.717) is 36.6 Å². The monoisotopic (exact) mass is 601 g/mol. The second kappa shape index (κ2) is 13.0. The third-order valence-corrected chi connectivity index (χ3v) is 9.85. The number of hydrogen-bond acceptors (Lipinski definition) is 8. The van der Waals surface area contributed by atoms with E-state index >= 15 is 0 Å². The maximum absolute atomic E-state index is 13.4. The van der Waals surface area contributed by atoms with Gasteiger partial charge in [-0.25, -0.2) is 13.2 Å². The largest absolute Gasteiger partial charge is 0.488 e. The Hall–Kier alpha value is -3.45. The van der Waals surface area contributed by atoms with Gasteiger partial charge in [-0.05, 0) is 61.3 Å². The number of carboxylic acid groups (broad SMARTS) is 1. The number of carbonyl (C=O) groups is 2. The van der Waals surface area contributed by atoms with Crippen molar-refractivity contribution in [3.8, 4) is 5.75 Å². The summed E-state index contributed by atoms with van der Waals surface area (Å²) in [5.41, 5.74) is 2.03. The molecule has 12 heteroatoms. The van der Waals surface area contributed by atoms with Gasteiger partial charge in [-0.1, -0.05) is 25.1 Å². The lowest BCUT2D eigenvalue weighted by atomic mass is 10.0. The first kappa shape index (κ1) is 30.5. The molecule has 0 spiro atoms. The standard InChI is InChI=1S/C29H35N3O7S2/c1-19-15-32(20(2)18-33)27(34)14-23-13-24(30-41(37,38)28-5-4-12-40-28)10-11-25(23)39-26(19)17-31(3)16-21-6-8-22(9-7-21)29(35)36/h4-13,19-20,26,30,33H,14-18H2,1-3H3,(H,35,36)/t19-,20-,26+/m1/s1. The molecular formula is C29H35N3O7S2. The molecule has 0 aliphatic carbocycles. The highest BCUT2D eigenvalue weighted by Gasteiger charge is 2.31. The molecule has 220 valence electrons. The molecule has 10 nitrogen and oxygen atoms in total. The van der Waals surface area contributed by atoms with E-state index in [0.717, 1.165) is 16.9 Å². The Morgan fingerprint density at radius 3 is 2.59 bits per heavy atom. The van der Waals surface area contributed by atoms with Crippen LogP contribution in [-0.4, -0.2) is 79.2 Å². The third kappa shape index (κ3) is 7.64. The number of amides is 1. The Bertz CT molecular complexity index is 1460. The van der Waals surface area contributed by atoms with Crippen LogP contribution >= 0.6 is 11.3 Å². The number of aliphatic hydroxyl groups excluding tert-OH is 1. The first-order chi connectivity index (χ1) is 19.5. The zero-order valence-electron chi connectivity index (χ0n) is 23.2. The Kier molecular flexibility index (Phi) is 9.69. The number of carbonyl (C=O) groups excluding carboxylic acids is 1. The maximum Gasteiger partial charge on any atom is 0.335 e. The van der Waals surface area contributed by atoms with Gasteiger partial charge in [0, 0.05) is 36.8 Å². The average Bonchev–Trinajstić information content (AvgIpc) is 3.49. The van der Waals surface area contributed by atoms with Crippen LogP contribution in [0.5, 0.6) is 5.75 Å². The Morgan fingerprint density at radius 2 is 1.95 bits per heavy atom. The number of aromatic carboxylic acids is 1. The van der Waals surface area contributed by atoms with Gasteiger partial charge in [-0.3, -0.25) is 14.4 Å². The molecule has 1 aliphatic rings. The van der Waals surface area contributed by atoms with E-state index in [4.69, 9.17) is 9.84 Å². The first-order valence-corrected chi connectivity index (χ1v) is 15.6. The van der Waals surface area contributed by atoms with Crippen LogP contribution in [-0.2, 0) is 27.8 Å². The van der Waals surface area contributed by atoms with Gasteiger partial charge in [-0.15, -0.1) is 11.3 Å². The molecule has 3 N–H and O–H groups in total. The maximum atomic E-state index is 13.4. The van der Waals surface area contributed by atoms with Crippen LogP contribution in [0.3, 0.4) is 0 Å². The molecule has 0 fully saturated rings. The summed E-state index contributed by atoms with van der Waals surface area (Å²) >= 11 is 1.11. The molecule has 0 saturated heterocycles. The minimum Gasteiger partial charge on any atom is -0.488 e. The molecule has 0 bridgehead atoms. The van der Waals surface area contributed by atoms with Crippen LogP contribution in [0.25, 0.3) is 0 Å². The van der Waals surface area contributed by atoms with Crippen LogP contribution in [0.1, 0.15) is 35.3 Å². The van der Waals surface area contributed by atoms with Crippen LogP contribution < -0.4 is 9.46 Å². The number of benzene rings is 2. The smallest absolute Gasteiger partial charge is 0.335 e. The number of hydrogen-bond donors (Lipinski definition) is 3. The molecule has 2 aromatic carbocycles. The fourth-order valence-corrected chi connectivity index (χ4v) is 6.81. The summed E-state index contributed by atoms with van der Waals surface area (Å²) in [6, 6.07) is 14.4. The summed E-state index contributed by atoms with van der Waals surface area (Å²) in [4.78, 5) is 28.3. The Labute approximate surface area is 244 Å². The van der Waals surface area contributed by atoms with E-state index in [1.165, 1.54) is 6.07 Å². The molecule has 3 aromatic rings. The van der Waals surface area contributed by atoms with Gasteiger partial charge in [0.25, 0.3) is 10.0 Å². The zero-order chi connectivity index (χ0) is 29.7. The number of ether oxygens (including phenoxy) is 1. The van der Waals surface area contributed by atoms with Crippen molar-refractivity contribution in [3.05, 3.63) is 76.7 Å². The molecule has 1 aromatic heterocycles. The normalized spacial score (nSPS) is 18.6. The lowest BCUT2D eigenvalue weighted by Crippen LogP contribution is -2.47.